The third kappa shape index (κ3) is 3.76. The van der Waals surface area contributed by atoms with Crippen molar-refractivity contribution in [3.63, 3.8) is 0 Å². The van der Waals surface area contributed by atoms with Gasteiger partial charge >= 0.3 is 0 Å². The van der Waals surface area contributed by atoms with Gasteiger partial charge < -0.3 is 5.32 Å². The molecule has 0 aliphatic heterocycles. The highest BCUT2D eigenvalue weighted by atomic mass is 35.5. The van der Waals surface area contributed by atoms with Gasteiger partial charge in [0.1, 0.15) is 5.82 Å². The van der Waals surface area contributed by atoms with E-state index in [2.05, 4.69) is 10.3 Å². The number of carbonyl (C=O) groups excluding carboxylic acids is 1. The number of nitrogens with zero attached hydrogens (tertiary/aromatic N) is 1. The highest BCUT2D eigenvalue weighted by molar-refractivity contribution is 6.30. The van der Waals surface area contributed by atoms with Crippen LogP contribution in [0.1, 0.15) is 15.9 Å². The maximum absolute atomic E-state index is 13.5. The SMILES string of the molecule is O=C(NCCc1cccnc1)c1ccc(Cl)cc1F. The molecular formula is C14H12ClFN2O. The smallest absolute Gasteiger partial charge is 0.254 e. The Bertz CT molecular complexity index is 575. The minimum atomic E-state index is -0.619. The van der Waals surface area contributed by atoms with E-state index in [0.29, 0.717) is 13.0 Å². The number of pyridine rings is 1. The third-order valence-electron chi connectivity index (χ3n) is 2.60. The fraction of sp³-hybridized carbons (Fsp3) is 0.143. The van der Waals surface area contributed by atoms with Crippen molar-refractivity contribution in [1.82, 2.24) is 10.3 Å². The van der Waals surface area contributed by atoms with Crippen molar-refractivity contribution in [3.8, 4) is 0 Å². The molecule has 0 saturated heterocycles. The summed E-state index contributed by atoms with van der Waals surface area (Å²) in [6, 6.07) is 7.73. The highest BCUT2D eigenvalue weighted by Gasteiger charge is 2.11. The van der Waals surface area contributed by atoms with Gasteiger partial charge in [0, 0.05) is 24.0 Å². The number of carbonyl (C=O) groups is 1. The molecule has 3 nitrogen and oxygen atoms in total. The summed E-state index contributed by atoms with van der Waals surface area (Å²) in [5.74, 6) is -1.07. The van der Waals surface area contributed by atoms with Crippen LogP contribution in [0.5, 0.6) is 0 Å². The molecule has 1 aromatic carbocycles. The molecule has 1 N–H and O–H groups in total. The first kappa shape index (κ1) is 13.5. The Kier molecular flexibility index (Phi) is 4.47. The number of hydrogen-bond donors (Lipinski definition) is 1. The van der Waals surface area contributed by atoms with E-state index in [1.165, 1.54) is 12.1 Å². The molecular weight excluding hydrogens is 267 g/mol. The van der Waals surface area contributed by atoms with Crippen LogP contribution in [0.25, 0.3) is 0 Å². The molecule has 0 unspecified atom stereocenters. The lowest BCUT2D eigenvalue weighted by atomic mass is 10.2. The van der Waals surface area contributed by atoms with Gasteiger partial charge in [-0.3, -0.25) is 9.78 Å². The summed E-state index contributed by atoms with van der Waals surface area (Å²) >= 11 is 5.63. The minimum absolute atomic E-state index is 0.00409. The summed E-state index contributed by atoms with van der Waals surface area (Å²) in [6.45, 7) is 0.423. The standard InChI is InChI=1S/C14H12ClFN2O/c15-11-3-4-12(13(16)8-11)14(19)18-7-5-10-2-1-6-17-9-10/h1-4,6,8-9H,5,7H2,(H,18,19). The van der Waals surface area contributed by atoms with Gasteiger partial charge in [-0.1, -0.05) is 17.7 Å². The van der Waals surface area contributed by atoms with Crippen LogP contribution in [-0.4, -0.2) is 17.4 Å². The molecule has 0 spiro atoms. The van der Waals surface area contributed by atoms with Crippen molar-refractivity contribution in [2.24, 2.45) is 0 Å². The second kappa shape index (κ2) is 6.29. The molecule has 0 saturated carbocycles. The van der Waals surface area contributed by atoms with Crippen molar-refractivity contribution >= 4 is 17.5 Å². The van der Waals surface area contributed by atoms with E-state index in [0.717, 1.165) is 11.6 Å². The largest absolute Gasteiger partial charge is 0.352 e. The lowest BCUT2D eigenvalue weighted by Crippen LogP contribution is -2.26. The molecule has 5 heteroatoms. The van der Waals surface area contributed by atoms with Crippen LogP contribution in [0.15, 0.2) is 42.7 Å². The summed E-state index contributed by atoms with van der Waals surface area (Å²) in [6.07, 6.45) is 4.06. The predicted molar refractivity (Wildman–Crippen MR) is 71.7 cm³/mol. The third-order valence-corrected chi connectivity index (χ3v) is 2.83. The van der Waals surface area contributed by atoms with Crippen LogP contribution in [0, 0.1) is 5.82 Å². The molecule has 0 radical (unpaired) electrons. The number of aromatic nitrogens is 1. The average molecular weight is 279 g/mol. The van der Waals surface area contributed by atoms with Crippen molar-refractivity contribution in [2.45, 2.75) is 6.42 Å². The van der Waals surface area contributed by atoms with E-state index in [1.54, 1.807) is 12.4 Å². The summed E-state index contributed by atoms with van der Waals surface area (Å²) in [7, 11) is 0. The first-order chi connectivity index (χ1) is 9.16. The van der Waals surface area contributed by atoms with E-state index < -0.39 is 11.7 Å². The number of nitrogens with one attached hydrogen (secondary N) is 1. The normalized spacial score (nSPS) is 10.2. The first-order valence-electron chi connectivity index (χ1n) is 5.79. The Balaban J connectivity index is 1.91. The molecule has 2 rings (SSSR count). The van der Waals surface area contributed by atoms with E-state index in [1.807, 2.05) is 12.1 Å². The number of rotatable bonds is 4. The zero-order valence-electron chi connectivity index (χ0n) is 10.1. The first-order valence-corrected chi connectivity index (χ1v) is 6.17. The van der Waals surface area contributed by atoms with Crippen molar-refractivity contribution in [1.29, 1.82) is 0 Å². The lowest BCUT2D eigenvalue weighted by Gasteiger charge is -2.06. The molecule has 1 heterocycles. The number of benzene rings is 1. The van der Waals surface area contributed by atoms with E-state index in [9.17, 15) is 9.18 Å². The Morgan fingerprint density at radius 2 is 2.21 bits per heavy atom. The van der Waals surface area contributed by atoms with Gasteiger partial charge in [-0.25, -0.2) is 4.39 Å². The molecule has 98 valence electrons. The van der Waals surface area contributed by atoms with E-state index in [4.69, 9.17) is 11.6 Å². The van der Waals surface area contributed by atoms with Crippen LogP contribution >= 0.6 is 11.6 Å². The second-order valence-corrected chi connectivity index (χ2v) is 4.43. The quantitative estimate of drug-likeness (QED) is 0.934. The highest BCUT2D eigenvalue weighted by Crippen LogP contribution is 2.14. The van der Waals surface area contributed by atoms with E-state index >= 15 is 0 Å². The van der Waals surface area contributed by atoms with Crippen molar-refractivity contribution < 1.29 is 9.18 Å². The summed E-state index contributed by atoms with van der Waals surface area (Å²) in [4.78, 5) is 15.7. The zero-order valence-corrected chi connectivity index (χ0v) is 10.8. The van der Waals surface area contributed by atoms with Crippen LogP contribution in [-0.2, 0) is 6.42 Å². The van der Waals surface area contributed by atoms with Gasteiger partial charge in [-0.15, -0.1) is 0 Å². The summed E-state index contributed by atoms with van der Waals surface area (Å²) in [5, 5.41) is 2.93. The predicted octanol–water partition coefficient (Wildman–Crippen LogP) is 2.85. The van der Waals surface area contributed by atoms with Crippen molar-refractivity contribution in [3.05, 3.63) is 64.7 Å². The molecule has 0 fully saturated rings. The number of amides is 1. The molecule has 0 aliphatic rings. The van der Waals surface area contributed by atoms with Gasteiger partial charge in [0.05, 0.1) is 5.56 Å². The van der Waals surface area contributed by atoms with Gasteiger partial charge in [-0.05, 0) is 36.2 Å². The fourth-order valence-electron chi connectivity index (χ4n) is 1.64. The second-order valence-electron chi connectivity index (χ2n) is 3.99. The molecule has 1 amide bonds. The van der Waals surface area contributed by atoms with Crippen molar-refractivity contribution in [2.75, 3.05) is 6.54 Å². The Morgan fingerprint density at radius 1 is 1.37 bits per heavy atom. The fourth-order valence-corrected chi connectivity index (χ4v) is 1.79. The Morgan fingerprint density at radius 3 is 2.89 bits per heavy atom. The van der Waals surface area contributed by atoms with Gasteiger partial charge in [0.15, 0.2) is 0 Å². The van der Waals surface area contributed by atoms with Crippen LogP contribution in [0.4, 0.5) is 4.39 Å². The van der Waals surface area contributed by atoms with Crippen LogP contribution in [0.3, 0.4) is 0 Å². The van der Waals surface area contributed by atoms with Gasteiger partial charge in [0.25, 0.3) is 5.91 Å². The molecule has 1 aromatic heterocycles. The van der Waals surface area contributed by atoms with Crippen LogP contribution < -0.4 is 5.32 Å². The number of hydrogen-bond acceptors (Lipinski definition) is 2. The Hall–Kier alpha value is -1.94. The summed E-state index contributed by atoms with van der Waals surface area (Å²) < 4.78 is 13.5. The molecule has 2 aromatic rings. The topological polar surface area (TPSA) is 42.0 Å². The van der Waals surface area contributed by atoms with Gasteiger partial charge in [0.2, 0.25) is 0 Å². The van der Waals surface area contributed by atoms with Gasteiger partial charge in [-0.2, -0.15) is 0 Å². The monoisotopic (exact) mass is 278 g/mol. The summed E-state index contributed by atoms with van der Waals surface area (Å²) in [5.41, 5.74) is 1.01. The average Bonchev–Trinajstić information content (AvgIpc) is 2.39. The van der Waals surface area contributed by atoms with Crippen LogP contribution in [0.2, 0.25) is 5.02 Å². The Labute approximate surface area is 115 Å². The number of halogens is 2. The maximum atomic E-state index is 13.5. The molecule has 0 atom stereocenters. The molecule has 0 aliphatic carbocycles. The lowest BCUT2D eigenvalue weighted by molar-refractivity contribution is 0.0950. The molecule has 0 bridgehead atoms. The zero-order chi connectivity index (χ0) is 13.7. The van der Waals surface area contributed by atoms with E-state index in [-0.39, 0.29) is 10.6 Å². The maximum Gasteiger partial charge on any atom is 0.254 e. The minimum Gasteiger partial charge on any atom is -0.352 e. The molecule has 19 heavy (non-hydrogen) atoms.